The predicted molar refractivity (Wildman–Crippen MR) is 69.5 cm³/mol. The molecule has 0 radical (unpaired) electrons. The molecular formula is C12H15BrN2O2. The Balaban J connectivity index is 2.20. The monoisotopic (exact) mass is 298 g/mol. The van der Waals surface area contributed by atoms with Crippen molar-refractivity contribution in [3.05, 3.63) is 22.3 Å². The molecule has 0 aliphatic heterocycles. The van der Waals surface area contributed by atoms with E-state index in [1.807, 2.05) is 11.9 Å². The molecule has 0 aromatic carbocycles. The molecule has 1 aliphatic carbocycles. The summed E-state index contributed by atoms with van der Waals surface area (Å²) in [6, 6.07) is 1.60. The van der Waals surface area contributed by atoms with E-state index in [1.54, 1.807) is 12.3 Å². The summed E-state index contributed by atoms with van der Waals surface area (Å²) in [5.41, 5.74) is 0.251. The van der Waals surface area contributed by atoms with Gasteiger partial charge in [-0.05, 0) is 40.8 Å². The number of aromatic carboxylic acids is 1. The van der Waals surface area contributed by atoms with Gasteiger partial charge in [0.05, 0.1) is 0 Å². The maximum Gasteiger partial charge on any atom is 0.339 e. The van der Waals surface area contributed by atoms with E-state index in [9.17, 15) is 4.79 Å². The van der Waals surface area contributed by atoms with Gasteiger partial charge in [-0.3, -0.25) is 0 Å². The van der Waals surface area contributed by atoms with E-state index in [0.29, 0.717) is 16.2 Å². The molecule has 1 fully saturated rings. The number of anilines is 1. The zero-order chi connectivity index (χ0) is 12.4. The highest BCUT2D eigenvalue weighted by atomic mass is 79.9. The molecule has 0 bridgehead atoms. The summed E-state index contributed by atoms with van der Waals surface area (Å²) in [5, 5.41) is 9.16. The van der Waals surface area contributed by atoms with Gasteiger partial charge < -0.3 is 10.0 Å². The quantitative estimate of drug-likeness (QED) is 0.929. The smallest absolute Gasteiger partial charge is 0.339 e. The van der Waals surface area contributed by atoms with Crippen molar-refractivity contribution >= 4 is 27.7 Å². The Hall–Kier alpha value is -1.10. The number of carboxylic acid groups (broad SMARTS) is 1. The van der Waals surface area contributed by atoms with Gasteiger partial charge in [-0.25, -0.2) is 9.78 Å². The van der Waals surface area contributed by atoms with Crippen molar-refractivity contribution in [1.82, 2.24) is 4.98 Å². The average Bonchev–Trinajstić information content (AvgIpc) is 2.23. The van der Waals surface area contributed by atoms with Crippen LogP contribution in [0.5, 0.6) is 0 Å². The first kappa shape index (κ1) is 12.4. The highest BCUT2D eigenvalue weighted by Gasteiger charge is 2.22. The maximum absolute atomic E-state index is 11.2. The van der Waals surface area contributed by atoms with Crippen LogP contribution in [0.15, 0.2) is 16.7 Å². The molecule has 1 N–H and O–H groups in total. The normalized spacial score (nSPS) is 15.4. The van der Waals surface area contributed by atoms with Gasteiger partial charge in [0.1, 0.15) is 11.4 Å². The van der Waals surface area contributed by atoms with E-state index in [-0.39, 0.29) is 5.56 Å². The average molecular weight is 299 g/mol. The van der Waals surface area contributed by atoms with Crippen LogP contribution in [0.25, 0.3) is 0 Å². The van der Waals surface area contributed by atoms with E-state index in [0.717, 1.165) is 6.54 Å². The molecule has 1 aromatic heterocycles. The van der Waals surface area contributed by atoms with Crippen molar-refractivity contribution in [2.75, 3.05) is 18.5 Å². The van der Waals surface area contributed by atoms with Crippen molar-refractivity contribution in [2.24, 2.45) is 5.92 Å². The van der Waals surface area contributed by atoms with E-state index < -0.39 is 5.97 Å². The Kier molecular flexibility index (Phi) is 3.66. The van der Waals surface area contributed by atoms with Gasteiger partial charge in [-0.2, -0.15) is 0 Å². The van der Waals surface area contributed by atoms with E-state index in [1.165, 1.54) is 19.3 Å². The minimum absolute atomic E-state index is 0.251. The fourth-order valence-corrected chi connectivity index (χ4v) is 2.37. The lowest BCUT2D eigenvalue weighted by Gasteiger charge is -2.31. The molecule has 4 nitrogen and oxygen atoms in total. The van der Waals surface area contributed by atoms with E-state index in [2.05, 4.69) is 20.9 Å². The van der Waals surface area contributed by atoms with Crippen LogP contribution in [0.1, 0.15) is 29.6 Å². The van der Waals surface area contributed by atoms with Crippen molar-refractivity contribution < 1.29 is 9.90 Å². The minimum Gasteiger partial charge on any atom is -0.478 e. The molecule has 1 saturated carbocycles. The lowest BCUT2D eigenvalue weighted by Crippen LogP contribution is -2.31. The molecule has 1 aliphatic rings. The van der Waals surface area contributed by atoms with Crippen LogP contribution in [0.3, 0.4) is 0 Å². The SMILES string of the molecule is CN(CC1CCC1)c1ncc(Br)cc1C(=O)O. The summed E-state index contributed by atoms with van der Waals surface area (Å²) in [4.78, 5) is 17.3. The molecular weight excluding hydrogens is 284 g/mol. The Bertz CT molecular complexity index is 433. The van der Waals surface area contributed by atoms with Crippen molar-refractivity contribution in [3.8, 4) is 0 Å². The molecule has 92 valence electrons. The van der Waals surface area contributed by atoms with E-state index >= 15 is 0 Å². The van der Waals surface area contributed by atoms with Gasteiger partial charge in [0.25, 0.3) is 0 Å². The number of halogens is 1. The maximum atomic E-state index is 11.2. The third kappa shape index (κ3) is 2.77. The van der Waals surface area contributed by atoms with Crippen LogP contribution >= 0.6 is 15.9 Å². The number of rotatable bonds is 4. The fourth-order valence-electron chi connectivity index (χ4n) is 2.04. The molecule has 1 aromatic rings. The lowest BCUT2D eigenvalue weighted by molar-refractivity contribution is 0.0697. The van der Waals surface area contributed by atoms with Gasteiger partial charge in [0.15, 0.2) is 0 Å². The van der Waals surface area contributed by atoms with Crippen LogP contribution in [0.4, 0.5) is 5.82 Å². The number of carboxylic acids is 1. The highest BCUT2D eigenvalue weighted by molar-refractivity contribution is 9.10. The van der Waals surface area contributed by atoms with Gasteiger partial charge in [0, 0.05) is 24.3 Å². The van der Waals surface area contributed by atoms with Crippen LogP contribution in [0.2, 0.25) is 0 Å². The van der Waals surface area contributed by atoms with Crippen LogP contribution < -0.4 is 4.90 Å². The van der Waals surface area contributed by atoms with Crippen LogP contribution in [-0.2, 0) is 0 Å². The molecule has 0 saturated heterocycles. The number of hydrogen-bond acceptors (Lipinski definition) is 3. The molecule has 0 unspecified atom stereocenters. The summed E-state index contributed by atoms with van der Waals surface area (Å²) in [6.07, 6.45) is 5.41. The summed E-state index contributed by atoms with van der Waals surface area (Å²) >= 11 is 3.25. The molecule has 5 heteroatoms. The second kappa shape index (κ2) is 5.04. The number of pyridine rings is 1. The molecule has 0 atom stereocenters. The minimum atomic E-state index is -0.936. The first-order valence-corrected chi connectivity index (χ1v) is 6.47. The Morgan fingerprint density at radius 2 is 2.35 bits per heavy atom. The number of hydrogen-bond donors (Lipinski definition) is 1. The third-order valence-corrected chi connectivity index (χ3v) is 3.62. The van der Waals surface area contributed by atoms with Crippen LogP contribution in [-0.4, -0.2) is 29.7 Å². The zero-order valence-electron chi connectivity index (χ0n) is 9.69. The van der Waals surface area contributed by atoms with E-state index in [4.69, 9.17) is 5.11 Å². The molecule has 17 heavy (non-hydrogen) atoms. The second-order valence-corrected chi connectivity index (χ2v) is 5.42. The first-order chi connectivity index (χ1) is 8.08. The molecule has 0 spiro atoms. The second-order valence-electron chi connectivity index (χ2n) is 4.51. The van der Waals surface area contributed by atoms with Gasteiger partial charge >= 0.3 is 5.97 Å². The van der Waals surface area contributed by atoms with Crippen molar-refractivity contribution in [1.29, 1.82) is 0 Å². The zero-order valence-corrected chi connectivity index (χ0v) is 11.3. The Labute approximate surface area is 109 Å². The van der Waals surface area contributed by atoms with Crippen LogP contribution in [0, 0.1) is 5.92 Å². The lowest BCUT2D eigenvalue weighted by atomic mass is 9.85. The number of nitrogens with zero attached hydrogens (tertiary/aromatic N) is 2. The molecule has 0 amide bonds. The molecule has 2 rings (SSSR count). The fraction of sp³-hybridized carbons (Fsp3) is 0.500. The summed E-state index contributed by atoms with van der Waals surface area (Å²) in [7, 11) is 1.90. The Morgan fingerprint density at radius 3 is 2.88 bits per heavy atom. The molecule has 1 heterocycles. The standard InChI is InChI=1S/C12H15BrN2O2/c1-15(7-8-3-2-4-8)11-10(12(16)17)5-9(13)6-14-11/h5-6,8H,2-4,7H2,1H3,(H,16,17). The first-order valence-electron chi connectivity index (χ1n) is 5.68. The van der Waals surface area contributed by atoms with Crippen molar-refractivity contribution in [2.45, 2.75) is 19.3 Å². The largest absolute Gasteiger partial charge is 0.478 e. The Morgan fingerprint density at radius 1 is 1.65 bits per heavy atom. The van der Waals surface area contributed by atoms with Crippen molar-refractivity contribution in [3.63, 3.8) is 0 Å². The predicted octanol–water partition coefficient (Wildman–Crippen LogP) is 2.78. The summed E-state index contributed by atoms with van der Waals surface area (Å²) < 4.78 is 0.690. The van der Waals surface area contributed by atoms with Gasteiger partial charge in [-0.1, -0.05) is 6.42 Å². The number of carbonyl (C=O) groups is 1. The summed E-state index contributed by atoms with van der Waals surface area (Å²) in [6.45, 7) is 0.884. The van der Waals surface area contributed by atoms with Gasteiger partial charge in [0.2, 0.25) is 0 Å². The topological polar surface area (TPSA) is 53.4 Å². The summed E-state index contributed by atoms with van der Waals surface area (Å²) in [5.74, 6) is 0.300. The third-order valence-electron chi connectivity index (χ3n) is 3.18. The van der Waals surface area contributed by atoms with Gasteiger partial charge in [-0.15, -0.1) is 0 Å². The highest BCUT2D eigenvalue weighted by Crippen LogP contribution is 2.29. The number of aromatic nitrogens is 1.